The Balaban J connectivity index is 0.000000364. The molecule has 0 aliphatic rings. The lowest BCUT2D eigenvalue weighted by Gasteiger charge is -1.99. The molecule has 5 nitrogen and oxygen atoms in total. The number of nitrogen functional groups attached to an aromatic ring is 1. The van der Waals surface area contributed by atoms with E-state index in [4.69, 9.17) is 38.8 Å². The predicted molar refractivity (Wildman–Crippen MR) is 56.3 cm³/mol. The first-order valence-corrected chi connectivity index (χ1v) is 4.08. The summed E-state index contributed by atoms with van der Waals surface area (Å²) in [6.07, 6.45) is 0. The van der Waals surface area contributed by atoms with Crippen LogP contribution in [-0.4, -0.2) is 11.1 Å². The second-order valence-corrected chi connectivity index (χ2v) is 3.05. The number of hydrogen-bond acceptors (Lipinski definition) is 3. The number of carbonyl (C=O) groups is 1. The van der Waals surface area contributed by atoms with Crippen LogP contribution in [0.1, 0.15) is 0 Å². The number of primary amides is 2. The van der Waals surface area contributed by atoms with E-state index in [1.54, 1.807) is 0 Å². The van der Waals surface area contributed by atoms with E-state index in [1.165, 1.54) is 12.1 Å². The number of anilines is 1. The average molecular weight is 238 g/mol. The van der Waals surface area contributed by atoms with E-state index >= 15 is 0 Å². The van der Waals surface area contributed by atoms with Gasteiger partial charge in [0.15, 0.2) is 5.75 Å². The Hall–Kier alpha value is -1.33. The molecule has 0 aliphatic heterocycles. The molecule has 0 fully saturated rings. The summed E-state index contributed by atoms with van der Waals surface area (Å²) in [5.74, 6) is -0.127. The zero-order valence-corrected chi connectivity index (χ0v) is 8.51. The molecule has 1 aromatic carbocycles. The van der Waals surface area contributed by atoms with Gasteiger partial charge in [0.05, 0.1) is 10.0 Å². The van der Waals surface area contributed by atoms with Gasteiger partial charge in [-0.15, -0.1) is 0 Å². The van der Waals surface area contributed by atoms with Gasteiger partial charge in [-0.3, -0.25) is 0 Å². The summed E-state index contributed by atoms with van der Waals surface area (Å²) in [5.41, 5.74) is 14.3. The summed E-state index contributed by atoms with van der Waals surface area (Å²) in [5, 5.41) is 9.35. The Bertz CT molecular complexity index is 317. The minimum atomic E-state index is -0.833. The molecule has 7 N–H and O–H groups in total. The van der Waals surface area contributed by atoms with E-state index < -0.39 is 6.03 Å². The van der Waals surface area contributed by atoms with Crippen molar-refractivity contribution in [1.82, 2.24) is 0 Å². The number of nitrogens with two attached hydrogens (primary N) is 3. The van der Waals surface area contributed by atoms with Crippen LogP contribution in [-0.2, 0) is 0 Å². The Morgan fingerprint density at radius 3 is 1.79 bits per heavy atom. The van der Waals surface area contributed by atoms with Crippen LogP contribution in [0.15, 0.2) is 12.1 Å². The number of rotatable bonds is 0. The van der Waals surface area contributed by atoms with Crippen molar-refractivity contribution in [2.24, 2.45) is 11.5 Å². The number of phenols is 1. The molecule has 0 saturated carbocycles. The van der Waals surface area contributed by atoms with Gasteiger partial charge in [0.2, 0.25) is 0 Å². The normalized spacial score (nSPS) is 8.71. The Kier molecular flexibility index (Phi) is 4.90. The van der Waals surface area contributed by atoms with Gasteiger partial charge in [-0.25, -0.2) is 4.79 Å². The van der Waals surface area contributed by atoms with E-state index in [1.807, 2.05) is 0 Å². The third kappa shape index (κ3) is 4.64. The molecule has 0 aliphatic carbocycles. The van der Waals surface area contributed by atoms with Crippen LogP contribution >= 0.6 is 23.2 Å². The van der Waals surface area contributed by atoms with Crippen molar-refractivity contribution in [3.05, 3.63) is 22.2 Å². The molecule has 0 atom stereocenters. The maximum atomic E-state index is 9.01. The van der Waals surface area contributed by atoms with E-state index in [2.05, 4.69) is 11.5 Å². The summed E-state index contributed by atoms with van der Waals surface area (Å²) in [7, 11) is 0. The number of amides is 2. The van der Waals surface area contributed by atoms with Gasteiger partial charge in [-0.1, -0.05) is 23.2 Å². The highest BCUT2D eigenvalue weighted by molar-refractivity contribution is 6.37. The number of benzene rings is 1. The van der Waals surface area contributed by atoms with Gasteiger partial charge < -0.3 is 22.3 Å². The van der Waals surface area contributed by atoms with E-state index in [9.17, 15) is 0 Å². The van der Waals surface area contributed by atoms with Crippen LogP contribution in [0, 0.1) is 0 Å². The molecule has 0 unspecified atom stereocenters. The monoisotopic (exact) mass is 237 g/mol. The molecule has 0 aromatic heterocycles. The average Bonchev–Trinajstić information content (AvgIpc) is 1.98. The molecule has 78 valence electrons. The second kappa shape index (κ2) is 5.41. The number of phenolic OH excluding ortho intramolecular Hbond substituents is 1. The number of hydrogen-bond donors (Lipinski definition) is 4. The van der Waals surface area contributed by atoms with Crippen molar-refractivity contribution in [2.45, 2.75) is 0 Å². The molecule has 1 rings (SSSR count). The van der Waals surface area contributed by atoms with E-state index in [0.717, 1.165) is 0 Å². The molecular weight excluding hydrogens is 229 g/mol. The highest BCUT2D eigenvalue weighted by Gasteiger charge is 2.03. The van der Waals surface area contributed by atoms with Gasteiger partial charge in [0, 0.05) is 5.69 Å². The smallest absolute Gasteiger partial charge is 0.309 e. The van der Waals surface area contributed by atoms with Crippen LogP contribution < -0.4 is 17.2 Å². The van der Waals surface area contributed by atoms with E-state index in [0.29, 0.717) is 5.69 Å². The number of carbonyl (C=O) groups excluding carboxylic acids is 1. The molecule has 0 bridgehead atoms. The summed E-state index contributed by atoms with van der Waals surface area (Å²) >= 11 is 11.0. The van der Waals surface area contributed by atoms with Crippen molar-refractivity contribution in [3.8, 4) is 5.75 Å². The molecule has 0 saturated heterocycles. The van der Waals surface area contributed by atoms with Gasteiger partial charge in [0.25, 0.3) is 0 Å². The standard InChI is InChI=1S/C6H5Cl2NO.CH4N2O/c7-4-1-3(9)2-5(8)6(4)10;2-1(3)4/h1-2,10H,9H2;(H4,2,3,4). The largest absolute Gasteiger partial charge is 0.505 e. The summed E-state index contributed by atoms with van der Waals surface area (Å²) < 4.78 is 0. The summed E-state index contributed by atoms with van der Waals surface area (Å²) in [6.45, 7) is 0. The fourth-order valence-electron chi connectivity index (χ4n) is 0.585. The highest BCUT2D eigenvalue weighted by Crippen LogP contribution is 2.33. The van der Waals surface area contributed by atoms with Crippen molar-refractivity contribution in [3.63, 3.8) is 0 Å². The molecule has 0 spiro atoms. The second-order valence-electron chi connectivity index (χ2n) is 2.24. The zero-order valence-electron chi connectivity index (χ0n) is 7.00. The quantitative estimate of drug-likeness (QED) is 0.403. The fraction of sp³-hybridized carbons (Fsp3) is 0. The van der Waals surface area contributed by atoms with Crippen LogP contribution in [0.4, 0.5) is 10.5 Å². The molecule has 1 aromatic rings. The van der Waals surface area contributed by atoms with Crippen molar-refractivity contribution < 1.29 is 9.90 Å². The summed E-state index contributed by atoms with van der Waals surface area (Å²) in [4.78, 5) is 9.00. The first-order chi connectivity index (χ1) is 6.34. The number of aromatic hydroxyl groups is 1. The predicted octanol–water partition coefficient (Wildman–Crippen LogP) is 1.31. The van der Waals surface area contributed by atoms with Crippen molar-refractivity contribution in [2.75, 3.05) is 5.73 Å². The molecule has 0 radical (unpaired) electrons. The van der Waals surface area contributed by atoms with E-state index in [-0.39, 0.29) is 15.8 Å². The topological polar surface area (TPSA) is 115 Å². The lowest BCUT2D eigenvalue weighted by atomic mass is 10.3. The molecule has 7 heteroatoms. The summed E-state index contributed by atoms with van der Waals surface area (Å²) in [6, 6.07) is 2.03. The SMILES string of the molecule is NC(N)=O.Nc1cc(Cl)c(O)c(Cl)c1. The lowest BCUT2D eigenvalue weighted by Crippen LogP contribution is -2.18. The Morgan fingerprint density at radius 1 is 1.21 bits per heavy atom. The lowest BCUT2D eigenvalue weighted by molar-refractivity contribution is 0.256. The number of halogens is 2. The Morgan fingerprint density at radius 2 is 1.50 bits per heavy atom. The van der Waals surface area contributed by atoms with Gasteiger partial charge in [-0.05, 0) is 12.1 Å². The Labute approximate surface area is 90.4 Å². The third-order valence-corrected chi connectivity index (χ3v) is 1.62. The van der Waals surface area contributed by atoms with Crippen LogP contribution in [0.5, 0.6) is 5.75 Å². The van der Waals surface area contributed by atoms with Crippen LogP contribution in [0.2, 0.25) is 10.0 Å². The fourth-order valence-corrected chi connectivity index (χ4v) is 1.09. The maximum Gasteiger partial charge on any atom is 0.309 e. The van der Waals surface area contributed by atoms with Gasteiger partial charge in [-0.2, -0.15) is 0 Å². The molecule has 2 amide bonds. The first-order valence-electron chi connectivity index (χ1n) is 3.33. The minimum Gasteiger partial charge on any atom is -0.505 e. The zero-order chi connectivity index (χ0) is 11.3. The molecule has 14 heavy (non-hydrogen) atoms. The van der Waals surface area contributed by atoms with Crippen LogP contribution in [0.3, 0.4) is 0 Å². The molecule has 0 heterocycles. The van der Waals surface area contributed by atoms with Gasteiger partial charge >= 0.3 is 6.03 Å². The highest BCUT2D eigenvalue weighted by atomic mass is 35.5. The first kappa shape index (κ1) is 12.7. The third-order valence-electron chi connectivity index (χ3n) is 1.04. The van der Waals surface area contributed by atoms with Gasteiger partial charge in [0.1, 0.15) is 0 Å². The molecular formula is C7H9Cl2N3O2. The van der Waals surface area contributed by atoms with Crippen LogP contribution in [0.25, 0.3) is 0 Å². The van der Waals surface area contributed by atoms with Crippen molar-refractivity contribution >= 4 is 34.9 Å². The van der Waals surface area contributed by atoms with Crippen molar-refractivity contribution in [1.29, 1.82) is 0 Å². The minimum absolute atomic E-state index is 0.127. The number of urea groups is 1. The maximum absolute atomic E-state index is 9.01.